The van der Waals surface area contributed by atoms with Gasteiger partial charge in [-0.15, -0.1) is 0 Å². The van der Waals surface area contributed by atoms with Gasteiger partial charge in [0.05, 0.1) is 6.61 Å². The third kappa shape index (κ3) is 3.65. The van der Waals surface area contributed by atoms with Gasteiger partial charge in [0.1, 0.15) is 5.41 Å². The van der Waals surface area contributed by atoms with Gasteiger partial charge >= 0.3 is 5.97 Å². The number of benzene rings is 1. The van der Waals surface area contributed by atoms with E-state index in [1.54, 1.807) is 6.92 Å². The Balaban J connectivity index is 2.42. The first-order valence-electron chi connectivity index (χ1n) is 9.51. The van der Waals surface area contributed by atoms with Crippen LogP contribution in [-0.2, 0) is 20.7 Å². The van der Waals surface area contributed by atoms with Crippen molar-refractivity contribution in [2.45, 2.75) is 67.2 Å². The number of aryl methyl sites for hydroxylation is 3. The lowest BCUT2D eigenvalue weighted by Crippen LogP contribution is -2.50. The average molecular weight is 344 g/mol. The van der Waals surface area contributed by atoms with E-state index >= 15 is 0 Å². The summed E-state index contributed by atoms with van der Waals surface area (Å²) in [5, 5.41) is 0. The van der Waals surface area contributed by atoms with Crippen molar-refractivity contribution in [1.82, 2.24) is 0 Å². The van der Waals surface area contributed by atoms with Gasteiger partial charge in [-0.2, -0.15) is 0 Å². The molecule has 25 heavy (non-hydrogen) atoms. The number of ketones is 1. The van der Waals surface area contributed by atoms with Gasteiger partial charge in [0.25, 0.3) is 0 Å². The van der Waals surface area contributed by atoms with E-state index in [0.29, 0.717) is 25.4 Å². The predicted octanol–water partition coefficient (Wildman–Crippen LogP) is 4.73. The van der Waals surface area contributed by atoms with Gasteiger partial charge in [-0.3, -0.25) is 9.59 Å². The van der Waals surface area contributed by atoms with E-state index in [9.17, 15) is 9.59 Å². The van der Waals surface area contributed by atoms with Crippen molar-refractivity contribution in [2.75, 3.05) is 6.61 Å². The maximum absolute atomic E-state index is 13.5. The van der Waals surface area contributed by atoms with Gasteiger partial charge < -0.3 is 4.74 Å². The summed E-state index contributed by atoms with van der Waals surface area (Å²) in [6.45, 7) is 12.5. The lowest BCUT2D eigenvalue weighted by atomic mass is 9.60. The maximum Gasteiger partial charge on any atom is 0.319 e. The van der Waals surface area contributed by atoms with E-state index in [-0.39, 0.29) is 17.7 Å². The number of esters is 1. The zero-order valence-electron chi connectivity index (χ0n) is 16.6. The molecule has 0 saturated heterocycles. The molecule has 1 aliphatic carbocycles. The second-order valence-corrected chi connectivity index (χ2v) is 7.83. The van der Waals surface area contributed by atoms with Crippen molar-refractivity contribution in [1.29, 1.82) is 0 Å². The Morgan fingerprint density at radius 1 is 1.16 bits per heavy atom. The van der Waals surface area contributed by atoms with Crippen LogP contribution in [0.25, 0.3) is 0 Å². The fraction of sp³-hybridized carbons (Fsp3) is 0.636. The molecule has 3 heteroatoms. The number of carbonyl (C=O) groups excluding carboxylic acids is 2. The summed E-state index contributed by atoms with van der Waals surface area (Å²) in [5.74, 6) is 0.0719. The van der Waals surface area contributed by atoms with Crippen LogP contribution in [0.2, 0.25) is 0 Å². The summed E-state index contributed by atoms with van der Waals surface area (Å²) in [6.07, 6.45) is 2.90. The van der Waals surface area contributed by atoms with Crippen LogP contribution in [0.15, 0.2) is 12.1 Å². The fourth-order valence-corrected chi connectivity index (χ4v) is 4.53. The molecule has 1 aromatic rings. The van der Waals surface area contributed by atoms with Crippen molar-refractivity contribution in [3.8, 4) is 0 Å². The molecule has 1 fully saturated rings. The largest absolute Gasteiger partial charge is 0.465 e. The smallest absolute Gasteiger partial charge is 0.319 e. The summed E-state index contributed by atoms with van der Waals surface area (Å²) in [7, 11) is 0. The molecule has 0 radical (unpaired) electrons. The van der Waals surface area contributed by atoms with E-state index < -0.39 is 5.41 Å². The molecule has 3 atom stereocenters. The number of hydrogen-bond donors (Lipinski definition) is 0. The number of carbonyl (C=O) groups is 2. The second-order valence-electron chi connectivity index (χ2n) is 7.83. The lowest BCUT2D eigenvalue weighted by molar-refractivity contribution is -0.168. The highest BCUT2D eigenvalue weighted by atomic mass is 16.5. The molecule has 3 nitrogen and oxygen atoms in total. The Hall–Kier alpha value is -1.64. The number of Topliss-reactive ketones (excluding diaryl/α,β-unsaturated/α-hetero) is 1. The number of rotatable bonds is 5. The molecule has 3 unspecified atom stereocenters. The predicted molar refractivity (Wildman–Crippen MR) is 101 cm³/mol. The van der Waals surface area contributed by atoms with Crippen LogP contribution in [0, 0.1) is 38.0 Å². The molecule has 0 bridgehead atoms. The van der Waals surface area contributed by atoms with Gasteiger partial charge in [0.15, 0.2) is 5.78 Å². The molecule has 1 aliphatic rings. The van der Waals surface area contributed by atoms with E-state index in [4.69, 9.17) is 4.74 Å². The maximum atomic E-state index is 13.5. The molecule has 0 amide bonds. The monoisotopic (exact) mass is 344 g/mol. The summed E-state index contributed by atoms with van der Waals surface area (Å²) in [4.78, 5) is 26.3. The first kappa shape index (κ1) is 19.7. The Bertz CT molecular complexity index is 638. The second kappa shape index (κ2) is 7.72. The molecule has 2 rings (SSSR count). The SMILES string of the molecule is CCOC(=O)C1(C(=O)Cc2c(C)cc(C)cc2C)CCCC(C)C1C. The van der Waals surface area contributed by atoms with Gasteiger partial charge in [-0.1, -0.05) is 44.4 Å². The third-order valence-corrected chi connectivity index (χ3v) is 6.18. The lowest BCUT2D eigenvalue weighted by Gasteiger charge is -2.42. The Morgan fingerprint density at radius 3 is 2.32 bits per heavy atom. The van der Waals surface area contributed by atoms with Crippen LogP contribution in [-0.4, -0.2) is 18.4 Å². The first-order chi connectivity index (χ1) is 11.7. The van der Waals surface area contributed by atoms with Crippen LogP contribution >= 0.6 is 0 Å². The van der Waals surface area contributed by atoms with Crippen LogP contribution in [0.3, 0.4) is 0 Å². The number of ether oxygens (including phenoxy) is 1. The van der Waals surface area contributed by atoms with Crippen LogP contribution in [0.4, 0.5) is 0 Å². The Labute approximate surface area is 152 Å². The molecule has 1 aromatic carbocycles. The van der Waals surface area contributed by atoms with Crippen molar-refractivity contribution in [2.24, 2.45) is 17.3 Å². The molecular weight excluding hydrogens is 312 g/mol. The van der Waals surface area contributed by atoms with Gasteiger partial charge in [-0.05, 0) is 62.6 Å². The van der Waals surface area contributed by atoms with E-state index in [1.165, 1.54) is 5.56 Å². The quantitative estimate of drug-likeness (QED) is 0.573. The van der Waals surface area contributed by atoms with Gasteiger partial charge in [0, 0.05) is 6.42 Å². The van der Waals surface area contributed by atoms with E-state index in [2.05, 4.69) is 26.0 Å². The van der Waals surface area contributed by atoms with Crippen molar-refractivity contribution in [3.05, 3.63) is 34.4 Å². The van der Waals surface area contributed by atoms with E-state index in [1.807, 2.05) is 20.8 Å². The highest BCUT2D eigenvalue weighted by Crippen LogP contribution is 2.46. The molecule has 0 heterocycles. The molecule has 0 aromatic heterocycles. The summed E-state index contributed by atoms with van der Waals surface area (Å²) in [6, 6.07) is 4.22. The van der Waals surface area contributed by atoms with E-state index in [0.717, 1.165) is 29.5 Å². The minimum absolute atomic E-state index is 0.0128. The fourth-order valence-electron chi connectivity index (χ4n) is 4.53. The zero-order chi connectivity index (χ0) is 18.8. The van der Waals surface area contributed by atoms with Gasteiger partial charge in [-0.25, -0.2) is 0 Å². The minimum Gasteiger partial charge on any atom is -0.465 e. The highest BCUT2D eigenvalue weighted by molar-refractivity contribution is 6.05. The Morgan fingerprint density at radius 2 is 1.76 bits per heavy atom. The van der Waals surface area contributed by atoms with Crippen LogP contribution < -0.4 is 0 Å². The topological polar surface area (TPSA) is 43.4 Å². The molecule has 0 N–H and O–H groups in total. The third-order valence-electron chi connectivity index (χ3n) is 6.18. The molecule has 0 aliphatic heterocycles. The van der Waals surface area contributed by atoms with Crippen LogP contribution in [0.1, 0.15) is 62.3 Å². The standard InChI is InChI=1S/C22H32O3/c1-7-25-21(24)22(10-8-9-15(3)18(22)6)20(23)13-19-16(4)11-14(2)12-17(19)5/h11-12,15,18H,7-10,13H2,1-6H3. The average Bonchev–Trinajstić information content (AvgIpc) is 2.53. The molecule has 1 saturated carbocycles. The minimum atomic E-state index is -0.989. The molecule has 138 valence electrons. The highest BCUT2D eigenvalue weighted by Gasteiger charge is 2.53. The summed E-state index contributed by atoms with van der Waals surface area (Å²) >= 11 is 0. The first-order valence-corrected chi connectivity index (χ1v) is 9.51. The summed E-state index contributed by atoms with van der Waals surface area (Å²) < 4.78 is 5.38. The molecular formula is C22H32O3. The normalized spacial score (nSPS) is 26.3. The Kier molecular flexibility index (Phi) is 6.08. The van der Waals surface area contributed by atoms with Crippen molar-refractivity contribution >= 4 is 11.8 Å². The number of hydrogen-bond acceptors (Lipinski definition) is 3. The van der Waals surface area contributed by atoms with Crippen molar-refractivity contribution in [3.63, 3.8) is 0 Å². The van der Waals surface area contributed by atoms with Crippen molar-refractivity contribution < 1.29 is 14.3 Å². The van der Waals surface area contributed by atoms with Crippen LogP contribution in [0.5, 0.6) is 0 Å². The zero-order valence-corrected chi connectivity index (χ0v) is 16.6. The van der Waals surface area contributed by atoms with Gasteiger partial charge in [0.2, 0.25) is 0 Å². The molecule has 0 spiro atoms. The summed E-state index contributed by atoms with van der Waals surface area (Å²) in [5.41, 5.74) is 3.52.